The molecule has 3 saturated carbocycles. The van der Waals surface area contributed by atoms with E-state index in [-0.39, 0.29) is 51.6 Å². The second-order valence-corrected chi connectivity index (χ2v) is 16.5. The van der Waals surface area contributed by atoms with Gasteiger partial charge in [-0.05, 0) is 80.6 Å². The lowest BCUT2D eigenvalue weighted by molar-refractivity contribution is -0.160. The molecule has 0 aromatic carbocycles. The summed E-state index contributed by atoms with van der Waals surface area (Å²) >= 11 is 12.1. The van der Waals surface area contributed by atoms with Gasteiger partial charge in [0.2, 0.25) is 23.5 Å². The largest absolute Gasteiger partial charge is 0.347 e. The average molecular weight is 734 g/mol. The van der Waals surface area contributed by atoms with Crippen molar-refractivity contribution in [3.05, 3.63) is 21.9 Å². The number of H-pyrrole nitrogens is 1. The van der Waals surface area contributed by atoms with Crippen LogP contribution in [0.25, 0.3) is 0 Å². The fraction of sp³-hybridized carbons (Fsp3) is 0.722. The average Bonchev–Trinajstić information content (AvgIpc) is 3.72. The second kappa shape index (κ2) is 14.9. The number of hydrogen-bond donors (Lipinski definition) is 5. The quantitative estimate of drug-likeness (QED) is 0.203. The van der Waals surface area contributed by atoms with Crippen molar-refractivity contribution in [2.24, 2.45) is 23.2 Å². The third-order valence-corrected chi connectivity index (χ3v) is 12.7. The molecule has 3 heterocycles. The highest BCUT2D eigenvalue weighted by Crippen LogP contribution is 2.54. The van der Waals surface area contributed by atoms with Crippen molar-refractivity contribution in [3.8, 4) is 0 Å². The van der Waals surface area contributed by atoms with Crippen LogP contribution in [0.1, 0.15) is 115 Å². The van der Waals surface area contributed by atoms with E-state index in [9.17, 15) is 28.8 Å². The molecule has 0 bridgehead atoms. The van der Waals surface area contributed by atoms with Gasteiger partial charge in [-0.25, -0.2) is 0 Å². The number of carbonyl (C=O) groups is 6. The molecule has 5 amide bonds. The van der Waals surface area contributed by atoms with Crippen molar-refractivity contribution in [1.82, 2.24) is 31.2 Å². The number of carbonyl (C=O) groups excluding carboxylic acids is 6. The zero-order valence-electron chi connectivity index (χ0n) is 29.1. The number of Topliss-reactive ketones (excluding diaryl/α,β-unsaturated/α-hetero) is 1. The Morgan fingerprint density at radius 2 is 1.68 bits per heavy atom. The van der Waals surface area contributed by atoms with E-state index < -0.39 is 59.0 Å². The summed E-state index contributed by atoms with van der Waals surface area (Å²) in [6.07, 6.45) is 10.1. The molecule has 0 spiro atoms. The number of hydrogen-bond acceptors (Lipinski definition) is 6. The fourth-order valence-corrected chi connectivity index (χ4v) is 9.45. The van der Waals surface area contributed by atoms with Crippen molar-refractivity contribution in [1.29, 1.82) is 0 Å². The first-order valence-corrected chi connectivity index (χ1v) is 19.2. The van der Waals surface area contributed by atoms with Crippen LogP contribution in [0.5, 0.6) is 0 Å². The van der Waals surface area contributed by atoms with Gasteiger partial charge in [-0.3, -0.25) is 28.8 Å². The molecule has 1 aromatic heterocycles. The molecule has 50 heavy (non-hydrogen) atoms. The van der Waals surface area contributed by atoms with Crippen molar-refractivity contribution in [2.75, 3.05) is 0 Å². The van der Waals surface area contributed by atoms with E-state index in [4.69, 9.17) is 23.2 Å². The van der Waals surface area contributed by atoms with Gasteiger partial charge in [0.1, 0.15) is 29.0 Å². The molecule has 5 fully saturated rings. The number of aromatic nitrogens is 1. The van der Waals surface area contributed by atoms with Crippen molar-refractivity contribution in [3.63, 3.8) is 0 Å². The third kappa shape index (κ3) is 7.29. The first-order valence-electron chi connectivity index (χ1n) is 18.4. The first kappa shape index (κ1) is 36.7. The zero-order valence-corrected chi connectivity index (χ0v) is 30.6. The van der Waals surface area contributed by atoms with Crippen LogP contribution in [0.4, 0.5) is 0 Å². The van der Waals surface area contributed by atoms with Gasteiger partial charge in [0.25, 0.3) is 11.8 Å². The Kier molecular flexibility index (Phi) is 10.9. The van der Waals surface area contributed by atoms with Gasteiger partial charge >= 0.3 is 0 Å². The van der Waals surface area contributed by atoms with Crippen LogP contribution in [-0.4, -0.2) is 81.5 Å². The predicted molar refractivity (Wildman–Crippen MR) is 187 cm³/mol. The van der Waals surface area contributed by atoms with Gasteiger partial charge < -0.3 is 31.2 Å². The molecule has 5 N–H and O–H groups in total. The topological polar surface area (TPSA) is 170 Å². The summed E-state index contributed by atoms with van der Waals surface area (Å²) in [5.74, 6) is -3.11. The first-order chi connectivity index (χ1) is 23.8. The van der Waals surface area contributed by atoms with Gasteiger partial charge in [-0.1, -0.05) is 76.1 Å². The number of nitrogens with zero attached hydrogens (tertiary/aromatic N) is 1. The Morgan fingerprint density at radius 1 is 0.960 bits per heavy atom. The Hall–Kier alpha value is -3.12. The molecular weight excluding hydrogens is 683 g/mol. The van der Waals surface area contributed by atoms with Crippen LogP contribution in [0.15, 0.2) is 6.07 Å². The molecule has 12 nitrogen and oxygen atoms in total. The molecule has 2 aliphatic heterocycles. The minimum atomic E-state index is -0.985. The summed E-state index contributed by atoms with van der Waals surface area (Å²) in [5.41, 5.74) is -0.504. The van der Waals surface area contributed by atoms with Gasteiger partial charge in [-0.15, -0.1) is 0 Å². The Labute approximate surface area is 303 Å². The lowest BCUT2D eigenvalue weighted by Gasteiger charge is -2.55. The summed E-state index contributed by atoms with van der Waals surface area (Å²) in [7, 11) is 0. The molecule has 274 valence electrons. The second-order valence-electron chi connectivity index (χ2n) is 15.7. The minimum Gasteiger partial charge on any atom is -0.347 e. The third-order valence-electron chi connectivity index (χ3n) is 12.0. The van der Waals surface area contributed by atoms with Gasteiger partial charge in [0.05, 0.1) is 11.1 Å². The minimum absolute atomic E-state index is 0.0114. The zero-order chi connectivity index (χ0) is 35.9. The molecule has 5 aliphatic rings. The Balaban J connectivity index is 1.23. The highest BCUT2D eigenvalue weighted by atomic mass is 35.5. The van der Waals surface area contributed by atoms with E-state index in [1.807, 2.05) is 20.8 Å². The van der Waals surface area contributed by atoms with E-state index in [0.29, 0.717) is 19.3 Å². The van der Waals surface area contributed by atoms with E-state index in [2.05, 4.69) is 26.3 Å². The summed E-state index contributed by atoms with van der Waals surface area (Å²) in [6.45, 7) is 5.91. The maximum Gasteiger partial charge on any atom is 0.289 e. The SMILES string of the molecule is CCC[C@H](NC(=O)C1C[C@@H]2CCCC3[C@@H]2N1C(=O)[C@@H](NC(=O)[C@@H](NC(=O)c1cc(Cl)c(Cl)[nH]1)C1CCCCC1)C3(C)C)C(=O)C(=O)NC1CC1. The smallest absolute Gasteiger partial charge is 0.289 e. The number of rotatable bonds is 12. The number of nitrogens with one attached hydrogen (secondary N) is 5. The number of piperidine rings is 1. The van der Waals surface area contributed by atoms with Crippen molar-refractivity contribution >= 4 is 58.5 Å². The number of ketones is 1. The summed E-state index contributed by atoms with van der Waals surface area (Å²) in [5, 5.41) is 11.9. The molecule has 6 rings (SSSR count). The lowest BCUT2D eigenvalue weighted by atomic mass is 9.60. The van der Waals surface area contributed by atoms with E-state index in [0.717, 1.165) is 64.2 Å². The fourth-order valence-electron chi connectivity index (χ4n) is 9.14. The molecule has 3 aliphatic carbocycles. The van der Waals surface area contributed by atoms with Crippen LogP contribution in [0.2, 0.25) is 10.2 Å². The van der Waals surface area contributed by atoms with Crippen LogP contribution in [-0.2, 0) is 24.0 Å². The summed E-state index contributed by atoms with van der Waals surface area (Å²) in [6, 6.07) is -2.41. The number of aromatic amines is 1. The highest BCUT2D eigenvalue weighted by molar-refractivity contribution is 6.41. The number of amides is 5. The Morgan fingerprint density at radius 3 is 2.32 bits per heavy atom. The van der Waals surface area contributed by atoms with Gasteiger partial charge in [-0.2, -0.15) is 0 Å². The molecule has 0 radical (unpaired) electrons. The van der Waals surface area contributed by atoms with Crippen LogP contribution in [0.3, 0.4) is 0 Å². The number of halogens is 2. The molecule has 2 unspecified atom stereocenters. The standard InChI is InChI=1S/C36H50Cl2N6O6/c1-4-9-23(28(45)34(49)39-20-14-15-20)41-32(47)25-16-19-12-8-13-21-27(19)44(25)35(50)29(36(21,2)3)43-33(48)26(18-10-6-5-7-11-18)42-31(46)24-17-22(37)30(38)40-24/h17-21,23,25-27,29,40H,4-16H2,1-3H3,(H,39,49)(H,41,47)(H,42,46)(H,43,48)/t19-,21?,23-,25?,26-,27+,29+/m0/s1. The molecule has 2 saturated heterocycles. The molecule has 1 aromatic rings. The van der Waals surface area contributed by atoms with E-state index in [1.165, 1.54) is 6.07 Å². The van der Waals surface area contributed by atoms with Crippen LogP contribution in [0, 0.1) is 23.2 Å². The molecular formula is C36H50Cl2N6O6. The van der Waals surface area contributed by atoms with E-state index in [1.54, 1.807) is 4.90 Å². The monoisotopic (exact) mass is 732 g/mol. The van der Waals surface area contributed by atoms with Gasteiger partial charge in [0, 0.05) is 12.1 Å². The predicted octanol–water partition coefficient (Wildman–Crippen LogP) is 4.04. The van der Waals surface area contributed by atoms with Crippen molar-refractivity contribution in [2.45, 2.75) is 140 Å². The van der Waals surface area contributed by atoms with Crippen LogP contribution < -0.4 is 21.3 Å². The normalized spacial score (nSPS) is 28.6. The van der Waals surface area contributed by atoms with Crippen LogP contribution >= 0.6 is 23.2 Å². The Bertz CT molecular complexity index is 1500. The van der Waals surface area contributed by atoms with Gasteiger partial charge in [0.15, 0.2) is 0 Å². The van der Waals surface area contributed by atoms with E-state index >= 15 is 0 Å². The molecule has 7 atom stereocenters. The maximum absolute atomic E-state index is 14.6. The highest BCUT2D eigenvalue weighted by Gasteiger charge is 2.62. The maximum atomic E-state index is 14.6. The summed E-state index contributed by atoms with van der Waals surface area (Å²) < 4.78 is 0. The summed E-state index contributed by atoms with van der Waals surface area (Å²) in [4.78, 5) is 86.5. The lowest BCUT2D eigenvalue weighted by Crippen LogP contribution is -2.70. The molecule has 14 heteroatoms. The van der Waals surface area contributed by atoms with Crippen molar-refractivity contribution < 1.29 is 28.8 Å².